The second-order valence-corrected chi connectivity index (χ2v) is 2.19. The van der Waals surface area contributed by atoms with E-state index in [1.807, 2.05) is 0 Å². The molecule has 0 heterocycles. The van der Waals surface area contributed by atoms with Crippen LogP contribution in [-0.2, 0) is 4.79 Å². The van der Waals surface area contributed by atoms with Gasteiger partial charge < -0.3 is 5.32 Å². The van der Waals surface area contributed by atoms with Crippen LogP contribution in [0.5, 0.6) is 0 Å². The number of nitrogens with one attached hydrogen (secondary N) is 1. The molecular formula is C7H17NO. The Kier molecular flexibility index (Phi) is 5.27. The van der Waals surface area contributed by atoms with Crippen molar-refractivity contribution in [3.8, 4) is 0 Å². The Morgan fingerprint density at radius 2 is 2.22 bits per heavy atom. The predicted molar refractivity (Wildman–Crippen MR) is 40.3 cm³/mol. The van der Waals surface area contributed by atoms with Crippen LogP contribution in [0, 0.1) is 0 Å². The third-order valence-electron chi connectivity index (χ3n) is 1.15. The van der Waals surface area contributed by atoms with Gasteiger partial charge in [0.25, 0.3) is 0 Å². The third kappa shape index (κ3) is 7.47. The van der Waals surface area contributed by atoms with Crippen molar-refractivity contribution in [1.82, 2.24) is 5.32 Å². The van der Waals surface area contributed by atoms with Gasteiger partial charge in [-0.2, -0.15) is 0 Å². The minimum atomic E-state index is 0. The summed E-state index contributed by atoms with van der Waals surface area (Å²) in [6.07, 6.45) is 3.52. The Hall–Kier alpha value is -0.530. The summed E-state index contributed by atoms with van der Waals surface area (Å²) < 4.78 is 0. The molecule has 0 spiro atoms. The van der Waals surface area contributed by atoms with Crippen molar-refractivity contribution in [3.63, 3.8) is 0 Å². The summed E-state index contributed by atoms with van der Waals surface area (Å²) in [6, 6.07) is 0. The first-order valence-electron chi connectivity index (χ1n) is 3.51. The van der Waals surface area contributed by atoms with Crippen molar-refractivity contribution in [1.29, 1.82) is 0 Å². The molecular weight excluding hydrogens is 114 g/mol. The Balaban J connectivity index is 0. The lowest BCUT2D eigenvalue weighted by Gasteiger charge is -1.98. The van der Waals surface area contributed by atoms with Gasteiger partial charge in [-0.1, -0.05) is 19.8 Å². The summed E-state index contributed by atoms with van der Waals surface area (Å²) in [5.74, 6) is 0.0751. The van der Waals surface area contributed by atoms with Crippen LogP contribution in [-0.4, -0.2) is 12.5 Å². The van der Waals surface area contributed by atoms with Crippen LogP contribution in [0.4, 0.5) is 0 Å². The van der Waals surface area contributed by atoms with Gasteiger partial charge >= 0.3 is 0 Å². The summed E-state index contributed by atoms with van der Waals surface area (Å²) in [6.45, 7) is 4.53. The van der Waals surface area contributed by atoms with Crippen molar-refractivity contribution in [2.24, 2.45) is 0 Å². The summed E-state index contributed by atoms with van der Waals surface area (Å²) in [4.78, 5) is 10.3. The van der Waals surface area contributed by atoms with Gasteiger partial charge in [0.15, 0.2) is 0 Å². The number of unbranched alkanes of at least 4 members (excludes halogenated alkanes) is 2. The molecule has 0 aliphatic carbocycles. The first kappa shape index (κ1) is 8.47. The maximum absolute atomic E-state index is 10.3. The van der Waals surface area contributed by atoms with Gasteiger partial charge in [-0.25, -0.2) is 0 Å². The Morgan fingerprint density at radius 3 is 2.67 bits per heavy atom. The second kappa shape index (κ2) is 5.60. The zero-order valence-electron chi connectivity index (χ0n) is 6.24. The summed E-state index contributed by atoms with van der Waals surface area (Å²) >= 11 is 0. The van der Waals surface area contributed by atoms with Gasteiger partial charge in [-0.05, 0) is 6.42 Å². The summed E-state index contributed by atoms with van der Waals surface area (Å²) in [5, 5.41) is 2.74. The van der Waals surface area contributed by atoms with Crippen LogP contribution in [0.2, 0.25) is 0 Å². The predicted octanol–water partition coefficient (Wildman–Crippen LogP) is 1.56. The van der Waals surface area contributed by atoms with Crippen molar-refractivity contribution in [2.75, 3.05) is 6.54 Å². The average Bonchev–Trinajstić information content (AvgIpc) is 1.80. The normalized spacial score (nSPS) is 9.11. The topological polar surface area (TPSA) is 29.1 Å². The molecule has 2 nitrogen and oxygen atoms in total. The summed E-state index contributed by atoms with van der Waals surface area (Å²) in [5.41, 5.74) is 0. The van der Waals surface area contributed by atoms with Gasteiger partial charge in [-0.15, -0.1) is 0 Å². The van der Waals surface area contributed by atoms with Gasteiger partial charge in [0.05, 0.1) is 0 Å². The molecule has 0 fully saturated rings. The monoisotopic (exact) mass is 131 g/mol. The first-order chi connectivity index (χ1) is 4.27. The number of hydrogen-bond donors (Lipinski definition) is 1. The molecule has 1 amide bonds. The van der Waals surface area contributed by atoms with Crippen LogP contribution in [0.15, 0.2) is 0 Å². The molecule has 0 aliphatic heterocycles. The van der Waals surface area contributed by atoms with Gasteiger partial charge in [0.2, 0.25) is 5.91 Å². The van der Waals surface area contributed by atoms with E-state index in [-0.39, 0.29) is 7.33 Å². The van der Waals surface area contributed by atoms with Crippen LogP contribution in [0.1, 0.15) is 34.5 Å². The Labute approximate surface area is 58.1 Å². The molecule has 0 aromatic heterocycles. The molecule has 0 aliphatic rings. The van der Waals surface area contributed by atoms with Crippen LogP contribution in [0.25, 0.3) is 0 Å². The van der Waals surface area contributed by atoms with Crippen LogP contribution < -0.4 is 5.32 Å². The van der Waals surface area contributed by atoms with Crippen molar-refractivity contribution in [3.05, 3.63) is 0 Å². The lowest BCUT2D eigenvalue weighted by molar-refractivity contribution is -0.118. The number of carbonyl (C=O) groups excluding carboxylic acids is 1. The first-order valence-corrected chi connectivity index (χ1v) is 3.51. The number of carbonyl (C=O) groups is 1. The zero-order chi connectivity index (χ0) is 7.11. The maximum Gasteiger partial charge on any atom is 0.216 e. The third-order valence-corrected chi connectivity index (χ3v) is 1.15. The van der Waals surface area contributed by atoms with E-state index in [1.165, 1.54) is 12.8 Å². The molecule has 1 N–H and O–H groups in total. The van der Waals surface area contributed by atoms with E-state index in [0.29, 0.717) is 0 Å². The minimum Gasteiger partial charge on any atom is -0.356 e. The fourth-order valence-electron chi connectivity index (χ4n) is 0.639. The molecule has 0 saturated heterocycles. The van der Waals surface area contributed by atoms with Gasteiger partial charge in [-0.3, -0.25) is 4.79 Å². The molecule has 0 aromatic rings. The lowest BCUT2D eigenvalue weighted by atomic mass is 10.2. The summed E-state index contributed by atoms with van der Waals surface area (Å²) in [7, 11) is 0. The lowest BCUT2D eigenvalue weighted by Crippen LogP contribution is -2.20. The molecule has 0 radical (unpaired) electrons. The smallest absolute Gasteiger partial charge is 0.216 e. The van der Waals surface area contributed by atoms with E-state index >= 15 is 0 Å². The molecule has 0 rings (SSSR count). The highest BCUT2D eigenvalue weighted by atomic mass is 16.1. The highest BCUT2D eigenvalue weighted by Crippen LogP contribution is 1.90. The molecule has 9 heavy (non-hydrogen) atoms. The number of hydrogen-bond acceptors (Lipinski definition) is 1. The van der Waals surface area contributed by atoms with E-state index in [0.717, 1.165) is 13.0 Å². The Morgan fingerprint density at radius 1 is 1.56 bits per heavy atom. The van der Waals surface area contributed by atoms with E-state index in [9.17, 15) is 4.79 Å². The van der Waals surface area contributed by atoms with E-state index in [4.69, 9.17) is 0 Å². The van der Waals surface area contributed by atoms with Crippen molar-refractivity contribution in [2.45, 2.75) is 33.1 Å². The molecule has 2 heteroatoms. The fraction of sp³-hybridized carbons (Fsp3) is 0.857. The molecule has 0 unspecified atom stereocenters. The van der Waals surface area contributed by atoms with E-state index < -0.39 is 0 Å². The van der Waals surface area contributed by atoms with Gasteiger partial charge in [0, 0.05) is 14.9 Å². The number of amides is 1. The highest BCUT2D eigenvalue weighted by Gasteiger charge is 1.87. The Bertz CT molecular complexity index is 85.7. The zero-order valence-corrected chi connectivity index (χ0v) is 6.24. The maximum atomic E-state index is 10.3. The molecule has 0 aromatic carbocycles. The highest BCUT2D eigenvalue weighted by molar-refractivity contribution is 5.72. The second-order valence-electron chi connectivity index (χ2n) is 2.19. The quantitative estimate of drug-likeness (QED) is 0.576. The molecule has 0 bridgehead atoms. The fourth-order valence-corrected chi connectivity index (χ4v) is 0.639. The number of rotatable bonds is 4. The molecule has 0 atom stereocenters. The largest absolute Gasteiger partial charge is 0.356 e. The van der Waals surface area contributed by atoms with Crippen LogP contribution >= 0.6 is 0 Å². The van der Waals surface area contributed by atoms with Gasteiger partial charge in [0.1, 0.15) is 0 Å². The van der Waals surface area contributed by atoms with Crippen molar-refractivity contribution >= 4 is 5.91 Å². The van der Waals surface area contributed by atoms with Crippen molar-refractivity contribution < 1.29 is 6.22 Å². The van der Waals surface area contributed by atoms with Crippen LogP contribution in [0.3, 0.4) is 0 Å². The average molecular weight is 131 g/mol. The van der Waals surface area contributed by atoms with E-state index in [1.54, 1.807) is 6.92 Å². The SMILES string of the molecule is CCCCCNC(C)=O.[HH]. The standard InChI is InChI=1S/C7H15NO.H2/c1-3-4-5-6-8-7(2)9;/h3-6H2,1-2H3,(H,8,9);1H. The molecule has 0 saturated carbocycles. The minimum absolute atomic E-state index is 0. The van der Waals surface area contributed by atoms with E-state index in [2.05, 4.69) is 12.2 Å². The molecule has 56 valence electrons.